The van der Waals surface area contributed by atoms with Crippen LogP contribution in [0.15, 0.2) is 42.5 Å². The third-order valence-corrected chi connectivity index (χ3v) is 5.31. The lowest BCUT2D eigenvalue weighted by molar-refractivity contribution is -0.131. The van der Waals surface area contributed by atoms with Crippen LogP contribution in [0, 0.1) is 5.82 Å². The molecule has 0 unspecified atom stereocenters. The molecule has 6 nitrogen and oxygen atoms in total. The second-order valence-corrected chi connectivity index (χ2v) is 7.22. The van der Waals surface area contributed by atoms with Gasteiger partial charge >= 0.3 is 0 Å². The van der Waals surface area contributed by atoms with Gasteiger partial charge in [-0.3, -0.25) is 9.59 Å². The van der Waals surface area contributed by atoms with Gasteiger partial charge in [0.2, 0.25) is 5.91 Å². The number of halogens is 1. The summed E-state index contributed by atoms with van der Waals surface area (Å²) in [6.07, 6.45) is 1.75. The Balaban J connectivity index is 1.57. The molecule has 0 spiro atoms. The maximum Gasteiger partial charge on any atom is 0.257 e. The van der Waals surface area contributed by atoms with Crippen LogP contribution in [0.5, 0.6) is 11.5 Å². The first-order chi connectivity index (χ1) is 14.5. The molecule has 1 fully saturated rings. The van der Waals surface area contributed by atoms with Crippen LogP contribution in [-0.2, 0) is 11.2 Å². The number of nitrogens with zero attached hydrogens (tertiary/aromatic N) is 2. The molecule has 0 aromatic heterocycles. The number of hydrogen-bond acceptors (Lipinski definition) is 4. The van der Waals surface area contributed by atoms with Gasteiger partial charge in [-0.25, -0.2) is 4.39 Å². The third-order valence-electron chi connectivity index (χ3n) is 5.31. The van der Waals surface area contributed by atoms with E-state index >= 15 is 0 Å². The molecule has 2 amide bonds. The maximum atomic E-state index is 13.6. The minimum absolute atomic E-state index is 0.0726. The number of benzene rings is 2. The van der Waals surface area contributed by atoms with Crippen molar-refractivity contribution < 1.29 is 23.5 Å². The summed E-state index contributed by atoms with van der Waals surface area (Å²) in [6.45, 7) is 1.99. The van der Waals surface area contributed by atoms with Crippen LogP contribution in [0.25, 0.3) is 0 Å². The van der Waals surface area contributed by atoms with Gasteiger partial charge in [0.25, 0.3) is 5.91 Å². The van der Waals surface area contributed by atoms with Gasteiger partial charge in [0, 0.05) is 32.6 Å². The van der Waals surface area contributed by atoms with E-state index in [0.717, 1.165) is 11.3 Å². The van der Waals surface area contributed by atoms with Crippen LogP contribution >= 0.6 is 0 Å². The van der Waals surface area contributed by atoms with Crippen molar-refractivity contribution in [3.63, 3.8) is 0 Å². The van der Waals surface area contributed by atoms with Crippen molar-refractivity contribution >= 4 is 11.8 Å². The number of amides is 2. The molecular formula is C23H27FN2O4. The predicted molar refractivity (Wildman–Crippen MR) is 111 cm³/mol. The molecule has 1 heterocycles. The van der Waals surface area contributed by atoms with Gasteiger partial charge in [0.05, 0.1) is 19.8 Å². The Morgan fingerprint density at radius 1 is 0.933 bits per heavy atom. The molecule has 0 saturated carbocycles. The highest BCUT2D eigenvalue weighted by atomic mass is 19.1. The van der Waals surface area contributed by atoms with Crippen molar-refractivity contribution in [2.45, 2.75) is 19.3 Å². The van der Waals surface area contributed by atoms with Crippen molar-refractivity contribution in [2.24, 2.45) is 0 Å². The van der Waals surface area contributed by atoms with Crippen molar-refractivity contribution in [3.05, 3.63) is 59.4 Å². The van der Waals surface area contributed by atoms with E-state index in [9.17, 15) is 14.0 Å². The first-order valence-corrected chi connectivity index (χ1v) is 10.1. The Hall–Kier alpha value is -3.09. The van der Waals surface area contributed by atoms with Crippen LogP contribution in [0.4, 0.5) is 4.39 Å². The molecular weight excluding hydrogens is 387 g/mol. The van der Waals surface area contributed by atoms with Crippen molar-refractivity contribution in [1.82, 2.24) is 9.80 Å². The zero-order chi connectivity index (χ0) is 21.5. The minimum Gasteiger partial charge on any atom is -0.497 e. The number of rotatable bonds is 6. The lowest BCUT2D eigenvalue weighted by atomic mass is 10.1. The van der Waals surface area contributed by atoms with E-state index in [1.54, 1.807) is 16.9 Å². The third kappa shape index (κ3) is 5.28. The number of carbonyl (C=O) groups is 2. The van der Waals surface area contributed by atoms with E-state index in [1.165, 1.54) is 25.3 Å². The molecule has 2 aromatic carbocycles. The summed E-state index contributed by atoms with van der Waals surface area (Å²) in [5.74, 6) is 0.446. The molecule has 160 valence electrons. The maximum absolute atomic E-state index is 13.6. The zero-order valence-corrected chi connectivity index (χ0v) is 17.4. The zero-order valence-electron chi connectivity index (χ0n) is 17.4. The molecule has 0 atom stereocenters. The molecule has 0 radical (unpaired) electrons. The highest BCUT2D eigenvalue weighted by Crippen LogP contribution is 2.22. The summed E-state index contributed by atoms with van der Waals surface area (Å²) in [5, 5.41) is 0. The van der Waals surface area contributed by atoms with Crippen LogP contribution in [0.2, 0.25) is 0 Å². The topological polar surface area (TPSA) is 59.1 Å². The van der Waals surface area contributed by atoms with E-state index in [2.05, 4.69) is 0 Å². The summed E-state index contributed by atoms with van der Waals surface area (Å²) in [6, 6.07) is 11.6. The number of methoxy groups -OCH3 is 2. The van der Waals surface area contributed by atoms with E-state index in [4.69, 9.17) is 9.47 Å². The van der Waals surface area contributed by atoms with Gasteiger partial charge in [-0.2, -0.15) is 0 Å². The molecule has 7 heteroatoms. The van der Waals surface area contributed by atoms with Crippen LogP contribution < -0.4 is 9.47 Å². The number of aryl methyl sites for hydroxylation is 1. The predicted octanol–water partition coefficient (Wildman–Crippen LogP) is 3.15. The second kappa shape index (κ2) is 10.1. The standard InChI is InChI=1S/C23H27FN2O4/c1-29-19-8-4-17(5-9-19)6-11-22(27)25-12-3-13-26(15-14-25)23(28)20-16-18(24)7-10-21(20)30-2/h4-5,7-10,16H,3,6,11-15H2,1-2H3. The molecule has 30 heavy (non-hydrogen) atoms. The van der Waals surface area contributed by atoms with Crippen LogP contribution in [0.1, 0.15) is 28.8 Å². The van der Waals surface area contributed by atoms with Crippen molar-refractivity contribution in [2.75, 3.05) is 40.4 Å². The summed E-state index contributed by atoms with van der Waals surface area (Å²) in [5.41, 5.74) is 1.28. The second-order valence-electron chi connectivity index (χ2n) is 7.22. The van der Waals surface area contributed by atoms with Gasteiger partial charge in [0.1, 0.15) is 17.3 Å². The van der Waals surface area contributed by atoms with Gasteiger partial charge in [-0.15, -0.1) is 0 Å². The van der Waals surface area contributed by atoms with Gasteiger partial charge in [-0.1, -0.05) is 12.1 Å². The Morgan fingerprint density at radius 2 is 1.63 bits per heavy atom. The minimum atomic E-state index is -0.482. The lowest BCUT2D eigenvalue weighted by Gasteiger charge is -2.23. The molecule has 1 aliphatic rings. The molecule has 0 N–H and O–H groups in total. The summed E-state index contributed by atoms with van der Waals surface area (Å²) in [7, 11) is 3.08. The van der Waals surface area contributed by atoms with Crippen LogP contribution in [-0.4, -0.2) is 62.0 Å². The quantitative estimate of drug-likeness (QED) is 0.729. The average Bonchev–Trinajstić information content (AvgIpc) is 3.03. The fraction of sp³-hybridized carbons (Fsp3) is 0.391. The molecule has 0 aliphatic carbocycles. The first kappa shape index (κ1) is 21.6. The van der Waals surface area contributed by atoms with Gasteiger partial charge < -0.3 is 19.3 Å². The van der Waals surface area contributed by atoms with Crippen LogP contribution in [0.3, 0.4) is 0 Å². The SMILES string of the molecule is COc1ccc(CCC(=O)N2CCCN(C(=O)c3cc(F)ccc3OC)CC2)cc1. The number of carbonyl (C=O) groups excluding carboxylic acids is 2. The fourth-order valence-electron chi connectivity index (χ4n) is 3.59. The summed E-state index contributed by atoms with van der Waals surface area (Å²) < 4.78 is 24.0. The van der Waals surface area contributed by atoms with E-state index < -0.39 is 5.82 Å². The molecule has 2 aromatic rings. The van der Waals surface area contributed by atoms with Crippen molar-refractivity contribution in [3.8, 4) is 11.5 Å². The summed E-state index contributed by atoms with van der Waals surface area (Å²) >= 11 is 0. The average molecular weight is 414 g/mol. The molecule has 3 rings (SSSR count). The first-order valence-electron chi connectivity index (χ1n) is 10.1. The van der Waals surface area contributed by atoms with E-state index in [-0.39, 0.29) is 17.4 Å². The lowest BCUT2D eigenvalue weighted by Crippen LogP contribution is -2.37. The Kier molecular flexibility index (Phi) is 7.27. The Morgan fingerprint density at radius 3 is 2.33 bits per heavy atom. The largest absolute Gasteiger partial charge is 0.497 e. The van der Waals surface area contributed by atoms with Crippen molar-refractivity contribution in [1.29, 1.82) is 0 Å². The monoisotopic (exact) mass is 414 g/mol. The van der Waals surface area contributed by atoms with E-state index in [1.807, 2.05) is 24.3 Å². The normalized spacial score (nSPS) is 14.2. The smallest absolute Gasteiger partial charge is 0.257 e. The molecule has 1 saturated heterocycles. The highest BCUT2D eigenvalue weighted by molar-refractivity contribution is 5.97. The summed E-state index contributed by atoms with van der Waals surface area (Å²) in [4.78, 5) is 29.0. The molecule has 1 aliphatic heterocycles. The number of ether oxygens (including phenoxy) is 2. The van der Waals surface area contributed by atoms with Gasteiger partial charge in [-0.05, 0) is 48.7 Å². The van der Waals surface area contributed by atoms with Gasteiger partial charge in [0.15, 0.2) is 0 Å². The Labute approximate surface area is 176 Å². The van der Waals surface area contributed by atoms with E-state index in [0.29, 0.717) is 51.2 Å². The molecule has 0 bridgehead atoms. The number of hydrogen-bond donors (Lipinski definition) is 0. The highest BCUT2D eigenvalue weighted by Gasteiger charge is 2.25. The fourth-order valence-corrected chi connectivity index (χ4v) is 3.59. The Bertz CT molecular complexity index is 885.